The molecule has 0 bridgehead atoms. The van der Waals surface area contributed by atoms with E-state index in [9.17, 15) is 4.79 Å². The van der Waals surface area contributed by atoms with Crippen molar-refractivity contribution in [3.05, 3.63) is 63.3 Å². The molecule has 8 heteroatoms. The first-order valence-corrected chi connectivity index (χ1v) is 10.4. The molecule has 0 aliphatic carbocycles. The maximum absolute atomic E-state index is 13.1. The van der Waals surface area contributed by atoms with Crippen molar-refractivity contribution in [2.75, 3.05) is 18.5 Å². The van der Waals surface area contributed by atoms with Gasteiger partial charge in [-0.15, -0.1) is 0 Å². The number of amides is 1. The molecule has 2 aromatic carbocycles. The Bertz CT molecular complexity index is 1060. The van der Waals surface area contributed by atoms with Crippen molar-refractivity contribution in [1.29, 1.82) is 0 Å². The lowest BCUT2D eigenvalue weighted by atomic mass is 10.0. The summed E-state index contributed by atoms with van der Waals surface area (Å²) in [5, 5.41) is 8.05. The number of ether oxygens (including phenoxy) is 2. The van der Waals surface area contributed by atoms with Crippen LogP contribution in [0.25, 0.3) is 5.69 Å². The normalized spacial score (nSPS) is 12.9. The van der Waals surface area contributed by atoms with Crippen LogP contribution in [-0.4, -0.2) is 28.9 Å². The summed E-state index contributed by atoms with van der Waals surface area (Å²) in [5.74, 6) is 1.10. The minimum atomic E-state index is -0.244. The number of nitrogens with zero attached hydrogens (tertiary/aromatic N) is 2. The van der Waals surface area contributed by atoms with Crippen LogP contribution >= 0.6 is 27.5 Å². The fourth-order valence-corrected chi connectivity index (χ4v) is 3.77. The third-order valence-electron chi connectivity index (χ3n) is 4.55. The molecule has 4 rings (SSSR count). The second-order valence-corrected chi connectivity index (χ2v) is 8.21. The largest absolute Gasteiger partial charge is 0.486 e. The number of carbonyl (C=O) groups is 1. The van der Waals surface area contributed by atoms with Crippen LogP contribution in [0.3, 0.4) is 0 Å². The molecule has 2 heterocycles. The number of benzene rings is 2. The predicted molar refractivity (Wildman–Crippen MR) is 116 cm³/mol. The molecule has 0 atom stereocenters. The summed E-state index contributed by atoms with van der Waals surface area (Å²) in [6.07, 6.45) is 1.59. The maximum atomic E-state index is 13.1. The highest BCUT2D eigenvalue weighted by Gasteiger charge is 2.23. The molecule has 0 fully saturated rings. The van der Waals surface area contributed by atoms with E-state index in [1.54, 1.807) is 35.1 Å². The van der Waals surface area contributed by atoms with Crippen molar-refractivity contribution in [2.45, 2.75) is 19.8 Å². The van der Waals surface area contributed by atoms with E-state index in [2.05, 4.69) is 26.3 Å². The number of aromatic nitrogens is 2. The van der Waals surface area contributed by atoms with Gasteiger partial charge in [-0.25, -0.2) is 4.68 Å². The van der Waals surface area contributed by atoms with Crippen LogP contribution in [0.1, 0.15) is 35.8 Å². The number of anilines is 1. The fourth-order valence-electron chi connectivity index (χ4n) is 3.23. The van der Waals surface area contributed by atoms with E-state index in [1.807, 2.05) is 26.0 Å². The van der Waals surface area contributed by atoms with E-state index in [0.29, 0.717) is 45.5 Å². The maximum Gasteiger partial charge on any atom is 0.259 e. The molecule has 1 amide bonds. The van der Waals surface area contributed by atoms with Gasteiger partial charge in [-0.1, -0.05) is 25.4 Å². The van der Waals surface area contributed by atoms with E-state index in [-0.39, 0.29) is 11.8 Å². The zero-order chi connectivity index (χ0) is 20.5. The van der Waals surface area contributed by atoms with Gasteiger partial charge in [0.05, 0.1) is 28.8 Å². The lowest BCUT2D eigenvalue weighted by Crippen LogP contribution is -2.18. The number of fused-ring (bicyclic) bond motifs is 1. The van der Waals surface area contributed by atoms with Crippen LogP contribution in [0.5, 0.6) is 11.5 Å². The van der Waals surface area contributed by atoms with Gasteiger partial charge in [0, 0.05) is 21.6 Å². The standard InChI is InChI=1S/C21H19BrClN3O3/c1-12(2)20-15(11-24-26(20)14-5-3-13(23)4-6-14)21(27)25-17-10-19-18(9-16(17)22)28-7-8-29-19/h3-6,9-12H,7-8H2,1-2H3,(H,25,27). The van der Waals surface area contributed by atoms with Crippen molar-refractivity contribution in [2.24, 2.45) is 0 Å². The summed E-state index contributed by atoms with van der Waals surface area (Å²) < 4.78 is 13.7. The number of hydrogen-bond donors (Lipinski definition) is 1. The molecular formula is C21H19BrClN3O3. The summed E-state index contributed by atoms with van der Waals surface area (Å²) in [7, 11) is 0. The average Bonchev–Trinajstić information content (AvgIpc) is 3.15. The minimum Gasteiger partial charge on any atom is -0.486 e. The van der Waals surface area contributed by atoms with E-state index >= 15 is 0 Å². The SMILES string of the molecule is CC(C)c1c(C(=O)Nc2cc3c(cc2Br)OCCO3)cnn1-c1ccc(Cl)cc1. The minimum absolute atomic E-state index is 0.0811. The Morgan fingerprint density at radius 3 is 2.48 bits per heavy atom. The summed E-state index contributed by atoms with van der Waals surface area (Å²) >= 11 is 9.48. The zero-order valence-electron chi connectivity index (χ0n) is 15.9. The number of nitrogens with one attached hydrogen (secondary N) is 1. The van der Waals surface area contributed by atoms with Gasteiger partial charge in [0.1, 0.15) is 13.2 Å². The number of carbonyl (C=O) groups excluding carboxylic acids is 1. The van der Waals surface area contributed by atoms with Gasteiger partial charge in [0.2, 0.25) is 0 Å². The summed E-state index contributed by atoms with van der Waals surface area (Å²) in [6.45, 7) is 5.04. The highest BCUT2D eigenvalue weighted by molar-refractivity contribution is 9.10. The Morgan fingerprint density at radius 1 is 1.17 bits per heavy atom. The van der Waals surface area contributed by atoms with Gasteiger partial charge in [0.25, 0.3) is 5.91 Å². The van der Waals surface area contributed by atoms with E-state index in [4.69, 9.17) is 21.1 Å². The van der Waals surface area contributed by atoms with Crippen LogP contribution in [-0.2, 0) is 0 Å². The number of rotatable bonds is 4. The molecular weight excluding hydrogens is 458 g/mol. The third kappa shape index (κ3) is 3.97. The summed E-state index contributed by atoms with van der Waals surface area (Å²) in [6, 6.07) is 10.9. The molecule has 0 saturated carbocycles. The molecule has 3 aromatic rings. The van der Waals surface area contributed by atoms with Crippen molar-refractivity contribution >= 4 is 39.1 Å². The van der Waals surface area contributed by atoms with Gasteiger partial charge in [0.15, 0.2) is 11.5 Å². The predicted octanol–water partition coefficient (Wildman–Crippen LogP) is 5.44. The third-order valence-corrected chi connectivity index (χ3v) is 5.46. The molecule has 1 aromatic heterocycles. The molecule has 0 radical (unpaired) electrons. The second-order valence-electron chi connectivity index (χ2n) is 6.92. The number of halogens is 2. The average molecular weight is 477 g/mol. The summed E-state index contributed by atoms with van der Waals surface area (Å²) in [4.78, 5) is 13.1. The molecule has 0 unspecified atom stereocenters. The number of hydrogen-bond acceptors (Lipinski definition) is 4. The molecule has 1 N–H and O–H groups in total. The summed E-state index contributed by atoms with van der Waals surface area (Å²) in [5.41, 5.74) is 2.78. The topological polar surface area (TPSA) is 65.4 Å². The van der Waals surface area contributed by atoms with Crippen LogP contribution in [0.15, 0.2) is 47.1 Å². The van der Waals surface area contributed by atoms with Gasteiger partial charge in [-0.2, -0.15) is 5.10 Å². The first-order chi connectivity index (χ1) is 13.9. The monoisotopic (exact) mass is 475 g/mol. The van der Waals surface area contributed by atoms with Gasteiger partial charge in [-0.05, 0) is 46.1 Å². The Labute approximate surface area is 181 Å². The van der Waals surface area contributed by atoms with E-state index in [1.165, 1.54) is 0 Å². The highest BCUT2D eigenvalue weighted by atomic mass is 79.9. The molecule has 0 spiro atoms. The smallest absolute Gasteiger partial charge is 0.259 e. The van der Waals surface area contributed by atoms with Gasteiger partial charge >= 0.3 is 0 Å². The molecule has 1 aliphatic heterocycles. The van der Waals surface area contributed by atoms with E-state index in [0.717, 1.165) is 11.4 Å². The Morgan fingerprint density at radius 2 is 1.83 bits per heavy atom. The lowest BCUT2D eigenvalue weighted by molar-refractivity contribution is 0.102. The van der Waals surface area contributed by atoms with Crippen molar-refractivity contribution in [3.63, 3.8) is 0 Å². The molecule has 29 heavy (non-hydrogen) atoms. The quantitative estimate of drug-likeness (QED) is 0.545. The van der Waals surface area contributed by atoms with Crippen LogP contribution in [0.2, 0.25) is 5.02 Å². The highest BCUT2D eigenvalue weighted by Crippen LogP contribution is 2.38. The van der Waals surface area contributed by atoms with Gasteiger partial charge in [-0.3, -0.25) is 4.79 Å². The van der Waals surface area contributed by atoms with Crippen molar-refractivity contribution in [3.8, 4) is 17.2 Å². The fraction of sp³-hybridized carbons (Fsp3) is 0.238. The van der Waals surface area contributed by atoms with E-state index < -0.39 is 0 Å². The Hall–Kier alpha value is -2.51. The zero-order valence-corrected chi connectivity index (χ0v) is 18.3. The molecule has 150 valence electrons. The van der Waals surface area contributed by atoms with Crippen LogP contribution in [0, 0.1) is 0 Å². The van der Waals surface area contributed by atoms with Crippen LogP contribution in [0.4, 0.5) is 5.69 Å². The van der Waals surface area contributed by atoms with Gasteiger partial charge < -0.3 is 14.8 Å². The van der Waals surface area contributed by atoms with Crippen molar-refractivity contribution in [1.82, 2.24) is 9.78 Å². The first-order valence-electron chi connectivity index (χ1n) is 9.18. The van der Waals surface area contributed by atoms with Crippen LogP contribution < -0.4 is 14.8 Å². The molecule has 1 aliphatic rings. The molecule has 0 saturated heterocycles. The second kappa shape index (κ2) is 8.08. The molecule has 6 nitrogen and oxygen atoms in total. The van der Waals surface area contributed by atoms with Crippen molar-refractivity contribution < 1.29 is 14.3 Å². The lowest BCUT2D eigenvalue weighted by Gasteiger charge is -2.20. The Balaban J connectivity index is 1.66. The first kappa shape index (κ1) is 19.8. The Kier molecular flexibility index (Phi) is 5.52.